The van der Waals surface area contributed by atoms with E-state index in [1.165, 1.54) is 12.1 Å². The number of aromatic nitrogens is 2. The predicted molar refractivity (Wildman–Crippen MR) is 76.5 cm³/mol. The first-order valence-corrected chi connectivity index (χ1v) is 6.33. The van der Waals surface area contributed by atoms with E-state index in [-0.39, 0.29) is 11.4 Å². The summed E-state index contributed by atoms with van der Waals surface area (Å²) in [5.41, 5.74) is 8.44. The number of rotatable bonds is 1. The summed E-state index contributed by atoms with van der Waals surface area (Å²) in [6.45, 7) is 10.1. The first-order valence-electron chi connectivity index (χ1n) is 6.33. The van der Waals surface area contributed by atoms with Gasteiger partial charge in [0.2, 0.25) is 0 Å². The highest BCUT2D eigenvalue weighted by atomic mass is 19.1. The normalized spacial score (nSPS) is 11.9. The number of nitrogens with zero attached hydrogens (tertiary/aromatic N) is 2. The minimum absolute atomic E-state index is 0.152. The molecule has 0 atom stereocenters. The molecule has 1 heterocycles. The first kappa shape index (κ1) is 13.6. The quantitative estimate of drug-likeness (QED) is 0.851. The number of halogens is 1. The lowest BCUT2D eigenvalue weighted by Gasteiger charge is -2.24. The van der Waals surface area contributed by atoms with Crippen molar-refractivity contribution < 1.29 is 4.39 Å². The molecule has 0 radical (unpaired) electrons. The third-order valence-electron chi connectivity index (χ3n) is 3.21. The molecular weight excluding hydrogens is 241 g/mol. The maximum Gasteiger partial charge on any atom is 0.132 e. The number of aryl methyl sites for hydroxylation is 2. The Morgan fingerprint density at radius 1 is 1.21 bits per heavy atom. The van der Waals surface area contributed by atoms with Gasteiger partial charge in [-0.1, -0.05) is 6.07 Å². The highest BCUT2D eigenvalue weighted by Crippen LogP contribution is 2.33. The maximum atomic E-state index is 13.4. The van der Waals surface area contributed by atoms with E-state index >= 15 is 0 Å². The predicted octanol–water partition coefficient (Wildman–Crippen LogP) is 3.64. The number of hydrogen-bond donors (Lipinski definition) is 1. The first-order chi connectivity index (χ1) is 8.71. The van der Waals surface area contributed by atoms with E-state index in [1.54, 1.807) is 6.07 Å². The molecule has 3 nitrogen and oxygen atoms in total. The van der Waals surface area contributed by atoms with E-state index < -0.39 is 0 Å². The van der Waals surface area contributed by atoms with Crippen molar-refractivity contribution in [3.05, 3.63) is 35.4 Å². The molecule has 4 heteroatoms. The van der Waals surface area contributed by atoms with Gasteiger partial charge in [0.1, 0.15) is 23.2 Å². The largest absolute Gasteiger partial charge is 0.383 e. The number of imidazole rings is 1. The van der Waals surface area contributed by atoms with Crippen molar-refractivity contribution in [2.45, 2.75) is 40.2 Å². The molecule has 0 saturated heterocycles. The Hall–Kier alpha value is -1.84. The van der Waals surface area contributed by atoms with Crippen molar-refractivity contribution in [3.8, 4) is 11.3 Å². The van der Waals surface area contributed by atoms with E-state index in [9.17, 15) is 4.39 Å². The van der Waals surface area contributed by atoms with E-state index in [2.05, 4.69) is 25.8 Å². The summed E-state index contributed by atoms with van der Waals surface area (Å²) in [6.07, 6.45) is 0. The zero-order valence-corrected chi connectivity index (χ0v) is 12.1. The number of anilines is 1. The van der Waals surface area contributed by atoms with E-state index in [1.807, 2.05) is 18.4 Å². The van der Waals surface area contributed by atoms with Crippen LogP contribution in [-0.2, 0) is 5.54 Å². The van der Waals surface area contributed by atoms with Crippen molar-refractivity contribution in [1.29, 1.82) is 0 Å². The Kier molecular flexibility index (Phi) is 3.12. The molecule has 2 N–H and O–H groups in total. The molecule has 0 amide bonds. The van der Waals surface area contributed by atoms with Crippen LogP contribution >= 0.6 is 0 Å². The Labute approximate surface area is 113 Å². The maximum absolute atomic E-state index is 13.4. The molecule has 0 unspecified atom stereocenters. The van der Waals surface area contributed by atoms with Gasteiger partial charge in [-0.3, -0.25) is 0 Å². The van der Waals surface area contributed by atoms with E-state index in [0.717, 1.165) is 17.0 Å². The second-order valence-corrected chi connectivity index (χ2v) is 5.86. The molecule has 1 aromatic carbocycles. The van der Waals surface area contributed by atoms with Crippen molar-refractivity contribution in [2.75, 3.05) is 5.73 Å². The monoisotopic (exact) mass is 261 g/mol. The number of benzene rings is 1. The Morgan fingerprint density at radius 2 is 1.84 bits per heavy atom. The highest BCUT2D eigenvalue weighted by Gasteiger charge is 2.23. The molecule has 0 aliphatic carbocycles. The number of nitrogens with two attached hydrogens (primary N) is 1. The summed E-state index contributed by atoms with van der Waals surface area (Å²) in [6, 6.07) is 4.68. The van der Waals surface area contributed by atoms with Crippen LogP contribution in [0.4, 0.5) is 10.2 Å². The van der Waals surface area contributed by atoms with E-state index in [4.69, 9.17) is 5.73 Å². The van der Waals surface area contributed by atoms with Gasteiger partial charge in [0.05, 0.1) is 0 Å². The minimum Gasteiger partial charge on any atom is -0.383 e. The van der Waals surface area contributed by atoms with Gasteiger partial charge in [-0.25, -0.2) is 9.37 Å². The molecule has 2 aromatic rings. The average Bonchev–Trinajstić information content (AvgIpc) is 2.57. The average molecular weight is 261 g/mol. The Morgan fingerprint density at radius 3 is 2.37 bits per heavy atom. The van der Waals surface area contributed by atoms with Gasteiger partial charge in [-0.05, 0) is 52.3 Å². The van der Waals surface area contributed by atoms with Crippen LogP contribution in [0.3, 0.4) is 0 Å². The van der Waals surface area contributed by atoms with Crippen molar-refractivity contribution in [2.24, 2.45) is 0 Å². The Balaban J connectivity index is 2.68. The highest BCUT2D eigenvalue weighted by molar-refractivity contribution is 5.73. The fourth-order valence-electron chi connectivity index (χ4n) is 2.44. The number of hydrogen-bond acceptors (Lipinski definition) is 2. The SMILES string of the molecule is Cc1ccc(F)cc1-c1nc(C)n(C(C)(C)C)c1N. The standard InChI is InChI=1S/C15H20FN3/c1-9-6-7-11(16)8-12(9)13-14(17)19(10(2)18-13)15(3,4)5/h6-8H,17H2,1-5H3. The fraction of sp³-hybridized carbons (Fsp3) is 0.400. The lowest BCUT2D eigenvalue weighted by molar-refractivity contribution is 0.393. The van der Waals surface area contributed by atoms with Crippen LogP contribution < -0.4 is 5.73 Å². The van der Waals surface area contributed by atoms with Gasteiger partial charge in [0.25, 0.3) is 0 Å². The van der Waals surface area contributed by atoms with Crippen LogP contribution in [0, 0.1) is 19.7 Å². The summed E-state index contributed by atoms with van der Waals surface area (Å²) in [5, 5.41) is 0. The van der Waals surface area contributed by atoms with Crippen LogP contribution in [0.2, 0.25) is 0 Å². The third-order valence-corrected chi connectivity index (χ3v) is 3.21. The second-order valence-electron chi connectivity index (χ2n) is 5.86. The molecule has 0 aliphatic heterocycles. The zero-order valence-electron chi connectivity index (χ0n) is 12.1. The second kappa shape index (κ2) is 4.37. The van der Waals surface area contributed by atoms with Gasteiger partial charge >= 0.3 is 0 Å². The summed E-state index contributed by atoms with van der Waals surface area (Å²) in [7, 11) is 0. The van der Waals surface area contributed by atoms with Gasteiger partial charge in [-0.2, -0.15) is 0 Å². The summed E-state index contributed by atoms with van der Waals surface area (Å²) in [5.74, 6) is 1.14. The molecular formula is C15H20FN3. The molecule has 19 heavy (non-hydrogen) atoms. The molecule has 0 fully saturated rings. The van der Waals surface area contributed by atoms with Crippen LogP contribution in [0.5, 0.6) is 0 Å². The Bertz CT molecular complexity index is 621. The van der Waals surface area contributed by atoms with Crippen LogP contribution in [0.15, 0.2) is 18.2 Å². The smallest absolute Gasteiger partial charge is 0.132 e. The number of nitrogen functional groups attached to an aromatic ring is 1. The third kappa shape index (κ3) is 2.35. The van der Waals surface area contributed by atoms with Crippen molar-refractivity contribution >= 4 is 5.82 Å². The molecule has 0 bridgehead atoms. The minimum atomic E-state index is -0.275. The van der Waals surface area contributed by atoms with Crippen LogP contribution in [-0.4, -0.2) is 9.55 Å². The molecule has 2 rings (SSSR count). The summed E-state index contributed by atoms with van der Waals surface area (Å²) >= 11 is 0. The lowest BCUT2D eigenvalue weighted by Crippen LogP contribution is -2.24. The van der Waals surface area contributed by atoms with Crippen LogP contribution in [0.25, 0.3) is 11.3 Å². The molecule has 0 aliphatic rings. The topological polar surface area (TPSA) is 43.8 Å². The van der Waals surface area contributed by atoms with Gasteiger partial charge in [0.15, 0.2) is 0 Å². The summed E-state index contributed by atoms with van der Waals surface area (Å²) in [4.78, 5) is 4.52. The zero-order chi connectivity index (χ0) is 14.4. The van der Waals surface area contributed by atoms with Crippen LogP contribution in [0.1, 0.15) is 32.2 Å². The van der Waals surface area contributed by atoms with Gasteiger partial charge in [-0.15, -0.1) is 0 Å². The van der Waals surface area contributed by atoms with Crippen molar-refractivity contribution in [3.63, 3.8) is 0 Å². The lowest BCUT2D eigenvalue weighted by atomic mass is 10.0. The fourth-order valence-corrected chi connectivity index (χ4v) is 2.44. The summed E-state index contributed by atoms with van der Waals surface area (Å²) < 4.78 is 15.4. The van der Waals surface area contributed by atoms with Gasteiger partial charge in [0, 0.05) is 11.1 Å². The molecule has 0 saturated carbocycles. The molecule has 102 valence electrons. The van der Waals surface area contributed by atoms with Crippen molar-refractivity contribution in [1.82, 2.24) is 9.55 Å². The van der Waals surface area contributed by atoms with E-state index in [0.29, 0.717) is 11.5 Å². The molecule has 1 aromatic heterocycles. The van der Waals surface area contributed by atoms with Gasteiger partial charge < -0.3 is 10.3 Å². The molecule has 0 spiro atoms.